The summed E-state index contributed by atoms with van der Waals surface area (Å²) in [5.41, 5.74) is 5.79. The summed E-state index contributed by atoms with van der Waals surface area (Å²) in [5, 5.41) is 4.12. The summed E-state index contributed by atoms with van der Waals surface area (Å²) in [6, 6.07) is 11.1. The number of rotatable bonds is 4. The minimum atomic E-state index is -4.72. The highest BCUT2D eigenvalue weighted by atomic mass is 19.4. The largest absolute Gasteiger partial charge is 0.573 e. The SMILES string of the molecule is Cn1nccc1-c1ccc(N=C2CC(c3ccc(OC(F)(F)F)cc3)ON2)cn1. The first-order valence-electron chi connectivity index (χ1n) is 8.67. The minimum Gasteiger partial charge on any atom is -0.406 e. The molecule has 0 amide bonds. The second-order valence-electron chi connectivity index (χ2n) is 6.33. The van der Waals surface area contributed by atoms with Gasteiger partial charge in [0.1, 0.15) is 17.7 Å². The topological polar surface area (TPSA) is 73.6 Å². The van der Waals surface area contributed by atoms with Gasteiger partial charge in [0.2, 0.25) is 0 Å². The molecule has 1 atom stereocenters. The first kappa shape index (κ1) is 18.9. The third-order valence-electron chi connectivity index (χ3n) is 4.28. The van der Waals surface area contributed by atoms with Crippen LogP contribution < -0.4 is 10.2 Å². The van der Waals surface area contributed by atoms with E-state index in [1.54, 1.807) is 17.1 Å². The molecule has 3 heterocycles. The summed E-state index contributed by atoms with van der Waals surface area (Å²) in [6.45, 7) is 0. The third kappa shape index (κ3) is 4.54. The molecule has 1 aliphatic heterocycles. The van der Waals surface area contributed by atoms with Crippen LogP contribution in [0.1, 0.15) is 18.1 Å². The Morgan fingerprint density at radius 3 is 2.59 bits per heavy atom. The molecule has 1 aromatic carbocycles. The molecule has 1 unspecified atom stereocenters. The van der Waals surface area contributed by atoms with Crippen molar-refractivity contribution in [2.45, 2.75) is 18.9 Å². The number of hydroxylamine groups is 1. The molecule has 0 spiro atoms. The fourth-order valence-electron chi connectivity index (χ4n) is 2.92. The van der Waals surface area contributed by atoms with Gasteiger partial charge < -0.3 is 4.74 Å². The average Bonchev–Trinajstić information content (AvgIpc) is 3.31. The van der Waals surface area contributed by atoms with Crippen molar-refractivity contribution >= 4 is 11.5 Å². The number of benzene rings is 1. The van der Waals surface area contributed by atoms with E-state index in [0.717, 1.165) is 11.4 Å². The molecule has 0 saturated carbocycles. The number of halogens is 3. The van der Waals surface area contributed by atoms with Gasteiger partial charge >= 0.3 is 6.36 Å². The number of amidine groups is 1. The molecule has 1 saturated heterocycles. The van der Waals surface area contributed by atoms with Gasteiger partial charge in [0, 0.05) is 19.7 Å². The van der Waals surface area contributed by atoms with E-state index in [1.165, 1.54) is 24.3 Å². The fraction of sp³-hybridized carbons (Fsp3) is 0.211. The number of aliphatic imine (C=N–C) groups is 1. The third-order valence-corrected chi connectivity index (χ3v) is 4.28. The summed E-state index contributed by atoms with van der Waals surface area (Å²) in [4.78, 5) is 14.4. The van der Waals surface area contributed by atoms with Gasteiger partial charge in [0.25, 0.3) is 0 Å². The molecule has 7 nitrogen and oxygen atoms in total. The number of aryl methyl sites for hydroxylation is 1. The Labute approximate surface area is 163 Å². The minimum absolute atomic E-state index is 0.277. The summed E-state index contributed by atoms with van der Waals surface area (Å²) < 4.78 is 42.3. The number of alkyl halides is 3. The maximum absolute atomic E-state index is 12.2. The second-order valence-corrected chi connectivity index (χ2v) is 6.33. The van der Waals surface area contributed by atoms with Gasteiger partial charge in [-0.25, -0.2) is 4.99 Å². The number of nitrogens with zero attached hydrogens (tertiary/aromatic N) is 4. The van der Waals surface area contributed by atoms with Gasteiger partial charge in [-0.2, -0.15) is 5.10 Å². The van der Waals surface area contributed by atoms with E-state index < -0.39 is 6.36 Å². The molecular formula is C19H16F3N5O2. The van der Waals surface area contributed by atoms with Gasteiger partial charge in [-0.05, 0) is 35.9 Å². The number of hydrogen-bond acceptors (Lipinski definition) is 5. The molecule has 1 N–H and O–H groups in total. The summed E-state index contributed by atoms with van der Waals surface area (Å²) >= 11 is 0. The summed E-state index contributed by atoms with van der Waals surface area (Å²) in [6.07, 6.45) is -1.29. The molecule has 0 aliphatic carbocycles. The molecule has 29 heavy (non-hydrogen) atoms. The van der Waals surface area contributed by atoms with E-state index in [1.807, 2.05) is 25.2 Å². The predicted octanol–water partition coefficient (Wildman–Crippen LogP) is 4.08. The van der Waals surface area contributed by atoms with E-state index in [-0.39, 0.29) is 11.9 Å². The normalized spacial score (nSPS) is 18.1. The Bertz CT molecular complexity index is 1010. The Kier molecular flexibility index (Phi) is 4.93. The molecule has 0 radical (unpaired) electrons. The lowest BCUT2D eigenvalue weighted by atomic mass is 10.1. The Morgan fingerprint density at radius 2 is 1.97 bits per heavy atom. The Balaban J connectivity index is 1.41. The van der Waals surface area contributed by atoms with Gasteiger partial charge in [-0.3, -0.25) is 20.0 Å². The van der Waals surface area contributed by atoms with E-state index in [9.17, 15) is 13.2 Å². The van der Waals surface area contributed by atoms with Gasteiger partial charge in [0.05, 0.1) is 23.3 Å². The van der Waals surface area contributed by atoms with Crippen LogP contribution in [-0.4, -0.2) is 27.0 Å². The first-order valence-corrected chi connectivity index (χ1v) is 8.67. The van der Waals surface area contributed by atoms with Gasteiger partial charge in [-0.15, -0.1) is 13.2 Å². The van der Waals surface area contributed by atoms with Crippen molar-refractivity contribution in [3.63, 3.8) is 0 Å². The highest BCUT2D eigenvalue weighted by Crippen LogP contribution is 2.29. The monoisotopic (exact) mass is 403 g/mol. The molecule has 1 fully saturated rings. The van der Waals surface area contributed by atoms with Crippen LogP contribution in [0.3, 0.4) is 0 Å². The van der Waals surface area contributed by atoms with Crippen molar-refractivity contribution < 1.29 is 22.7 Å². The maximum atomic E-state index is 12.2. The van der Waals surface area contributed by atoms with Crippen molar-refractivity contribution in [1.29, 1.82) is 0 Å². The van der Waals surface area contributed by atoms with Crippen molar-refractivity contribution in [3.05, 3.63) is 60.4 Å². The van der Waals surface area contributed by atoms with Gasteiger partial charge in [-0.1, -0.05) is 12.1 Å². The van der Waals surface area contributed by atoms with E-state index >= 15 is 0 Å². The molecule has 4 rings (SSSR count). The maximum Gasteiger partial charge on any atom is 0.573 e. The lowest BCUT2D eigenvalue weighted by Crippen LogP contribution is -2.17. The van der Waals surface area contributed by atoms with Crippen molar-refractivity contribution in [3.8, 4) is 17.1 Å². The first-order chi connectivity index (χ1) is 13.9. The summed E-state index contributed by atoms with van der Waals surface area (Å²) in [5.74, 6) is 0.321. The number of pyridine rings is 1. The van der Waals surface area contributed by atoms with Crippen molar-refractivity contribution in [2.24, 2.45) is 12.0 Å². The predicted molar refractivity (Wildman–Crippen MR) is 98.2 cm³/mol. The van der Waals surface area contributed by atoms with Gasteiger partial charge in [0.15, 0.2) is 0 Å². The molecule has 10 heteroatoms. The summed E-state index contributed by atoms with van der Waals surface area (Å²) in [7, 11) is 1.84. The van der Waals surface area contributed by atoms with Crippen LogP contribution in [0.2, 0.25) is 0 Å². The van der Waals surface area contributed by atoms with Crippen molar-refractivity contribution in [1.82, 2.24) is 20.2 Å². The van der Waals surface area contributed by atoms with Crippen LogP contribution in [0.4, 0.5) is 18.9 Å². The Hall–Kier alpha value is -3.40. The number of aromatic nitrogens is 3. The molecule has 0 bridgehead atoms. The zero-order valence-corrected chi connectivity index (χ0v) is 15.2. The quantitative estimate of drug-likeness (QED) is 0.711. The van der Waals surface area contributed by atoms with Crippen LogP contribution in [0, 0.1) is 0 Å². The number of ether oxygens (including phenoxy) is 1. The molecule has 2 aromatic heterocycles. The molecule has 150 valence electrons. The van der Waals surface area contributed by atoms with E-state index in [4.69, 9.17) is 4.84 Å². The smallest absolute Gasteiger partial charge is 0.406 e. The van der Waals surface area contributed by atoms with Crippen LogP contribution in [-0.2, 0) is 11.9 Å². The van der Waals surface area contributed by atoms with E-state index in [2.05, 4.69) is 25.3 Å². The highest BCUT2D eigenvalue weighted by Gasteiger charge is 2.31. The standard InChI is InChI=1S/C19H16F3N5O2/c1-27-16(8-9-24-27)15-7-4-13(11-23-15)25-18-10-17(29-26-18)12-2-5-14(6-3-12)28-19(20,21)22/h2-9,11,17H,10H2,1H3,(H,25,26). The molecular weight excluding hydrogens is 387 g/mol. The fourth-order valence-corrected chi connectivity index (χ4v) is 2.92. The zero-order valence-electron chi connectivity index (χ0n) is 15.2. The number of hydrogen-bond donors (Lipinski definition) is 1. The van der Waals surface area contributed by atoms with Crippen molar-refractivity contribution in [2.75, 3.05) is 0 Å². The van der Waals surface area contributed by atoms with Crippen LogP contribution in [0.25, 0.3) is 11.4 Å². The lowest BCUT2D eigenvalue weighted by molar-refractivity contribution is -0.274. The van der Waals surface area contributed by atoms with Crippen LogP contribution in [0.5, 0.6) is 5.75 Å². The van der Waals surface area contributed by atoms with Crippen LogP contribution >= 0.6 is 0 Å². The molecule has 3 aromatic rings. The average molecular weight is 403 g/mol. The number of nitrogens with one attached hydrogen (secondary N) is 1. The highest BCUT2D eigenvalue weighted by molar-refractivity contribution is 5.85. The zero-order chi connectivity index (χ0) is 20.4. The second kappa shape index (κ2) is 7.55. The Morgan fingerprint density at radius 1 is 1.17 bits per heavy atom. The lowest BCUT2D eigenvalue weighted by Gasteiger charge is -2.11. The molecule has 1 aliphatic rings. The van der Waals surface area contributed by atoms with Crippen LogP contribution in [0.15, 0.2) is 59.9 Å². The van der Waals surface area contributed by atoms with E-state index in [0.29, 0.717) is 23.5 Å².